The highest BCUT2D eigenvalue weighted by molar-refractivity contribution is 7.85. The topological polar surface area (TPSA) is 29.1 Å². The highest BCUT2D eigenvalue weighted by atomic mass is 32.2. The Morgan fingerprint density at radius 2 is 2.21 bits per heavy atom. The Kier molecular flexibility index (Phi) is 3.27. The molecule has 3 heteroatoms. The van der Waals surface area contributed by atoms with E-state index in [9.17, 15) is 4.21 Å². The maximum Gasteiger partial charge on any atom is 0.0504 e. The van der Waals surface area contributed by atoms with E-state index in [0.717, 1.165) is 18.1 Å². The Hall–Kier alpha value is 0.110. The first-order chi connectivity index (χ1) is 6.70. The summed E-state index contributed by atoms with van der Waals surface area (Å²) < 4.78 is 12.0. The van der Waals surface area contributed by atoms with Crippen molar-refractivity contribution in [2.45, 2.75) is 56.9 Å². The van der Waals surface area contributed by atoms with Crippen LogP contribution in [0.2, 0.25) is 0 Å². The van der Waals surface area contributed by atoms with Gasteiger partial charge >= 0.3 is 0 Å². The van der Waals surface area contributed by atoms with Gasteiger partial charge in [-0.2, -0.15) is 0 Å². The van der Waals surface area contributed by atoms with Gasteiger partial charge in [-0.1, -0.05) is 13.8 Å². The molecule has 1 N–H and O–H groups in total. The minimum atomic E-state index is -0.570. The van der Waals surface area contributed by atoms with Crippen molar-refractivity contribution in [3.05, 3.63) is 0 Å². The summed E-state index contributed by atoms with van der Waals surface area (Å²) in [5, 5.41) is 4.11. The summed E-state index contributed by atoms with van der Waals surface area (Å²) in [7, 11) is -0.570. The highest BCUT2D eigenvalue weighted by Gasteiger charge is 2.37. The summed E-state index contributed by atoms with van der Waals surface area (Å²) >= 11 is 0. The number of nitrogens with one attached hydrogen (secondary N) is 1. The molecule has 0 spiro atoms. The van der Waals surface area contributed by atoms with Crippen LogP contribution in [0, 0.1) is 5.92 Å². The average molecular weight is 215 g/mol. The summed E-state index contributed by atoms with van der Waals surface area (Å²) in [5.74, 6) is 1.66. The lowest BCUT2D eigenvalue weighted by Crippen LogP contribution is -2.57. The van der Waals surface area contributed by atoms with Crippen molar-refractivity contribution in [2.75, 3.05) is 5.75 Å². The van der Waals surface area contributed by atoms with Gasteiger partial charge in [0.05, 0.1) is 5.25 Å². The third-order valence-corrected chi connectivity index (χ3v) is 5.63. The zero-order valence-electron chi connectivity index (χ0n) is 9.16. The van der Waals surface area contributed by atoms with E-state index >= 15 is 0 Å². The van der Waals surface area contributed by atoms with Crippen LogP contribution in [0.1, 0.15) is 39.5 Å². The Balaban J connectivity index is 2.03. The van der Waals surface area contributed by atoms with Gasteiger partial charge in [-0.3, -0.25) is 4.21 Å². The number of rotatable bonds is 1. The second-order valence-corrected chi connectivity index (χ2v) is 6.58. The molecule has 1 saturated heterocycles. The molecule has 14 heavy (non-hydrogen) atoms. The summed E-state index contributed by atoms with van der Waals surface area (Å²) in [4.78, 5) is 0. The molecular formula is C11H21NOS. The van der Waals surface area contributed by atoms with Crippen LogP contribution in [0.15, 0.2) is 0 Å². The molecule has 0 aromatic rings. The van der Waals surface area contributed by atoms with E-state index in [1.54, 1.807) is 0 Å². The van der Waals surface area contributed by atoms with Crippen molar-refractivity contribution in [3.8, 4) is 0 Å². The average Bonchev–Trinajstić information content (AvgIpc) is 2.19. The van der Waals surface area contributed by atoms with Crippen LogP contribution in [-0.4, -0.2) is 27.3 Å². The molecule has 0 aromatic carbocycles. The van der Waals surface area contributed by atoms with E-state index in [0.29, 0.717) is 17.3 Å². The quantitative estimate of drug-likeness (QED) is 0.721. The van der Waals surface area contributed by atoms with E-state index in [-0.39, 0.29) is 0 Å². The van der Waals surface area contributed by atoms with Crippen LogP contribution >= 0.6 is 0 Å². The molecule has 0 bridgehead atoms. The first-order valence-electron chi connectivity index (χ1n) is 5.84. The monoisotopic (exact) mass is 215 g/mol. The zero-order valence-corrected chi connectivity index (χ0v) is 9.98. The van der Waals surface area contributed by atoms with E-state index in [4.69, 9.17) is 0 Å². The molecule has 5 unspecified atom stereocenters. The number of hydrogen-bond donors (Lipinski definition) is 1. The molecule has 1 aliphatic heterocycles. The molecule has 2 fully saturated rings. The van der Waals surface area contributed by atoms with Gasteiger partial charge in [0.25, 0.3) is 0 Å². The summed E-state index contributed by atoms with van der Waals surface area (Å²) in [6.07, 6.45) is 4.82. The second-order valence-electron chi connectivity index (χ2n) is 4.88. The Bertz CT molecular complexity index is 231. The van der Waals surface area contributed by atoms with Crippen molar-refractivity contribution < 1.29 is 4.21 Å². The molecule has 1 aliphatic carbocycles. The van der Waals surface area contributed by atoms with Gasteiger partial charge in [0.2, 0.25) is 0 Å². The maximum atomic E-state index is 12.0. The van der Waals surface area contributed by atoms with Crippen LogP contribution in [0.5, 0.6) is 0 Å². The first kappa shape index (κ1) is 10.6. The van der Waals surface area contributed by atoms with Crippen molar-refractivity contribution in [2.24, 2.45) is 5.92 Å². The normalized spacial score (nSPS) is 48.6. The number of fused-ring (bicyclic) bond motifs is 1. The molecule has 5 atom stereocenters. The van der Waals surface area contributed by atoms with Gasteiger partial charge < -0.3 is 5.32 Å². The van der Waals surface area contributed by atoms with Gasteiger partial charge in [-0.25, -0.2) is 0 Å². The molecule has 1 saturated carbocycles. The number of hydrogen-bond acceptors (Lipinski definition) is 2. The van der Waals surface area contributed by atoms with Crippen LogP contribution in [0.3, 0.4) is 0 Å². The fraction of sp³-hybridized carbons (Fsp3) is 1.00. The van der Waals surface area contributed by atoms with Gasteiger partial charge in [0.15, 0.2) is 0 Å². The molecule has 2 aliphatic rings. The Morgan fingerprint density at radius 3 is 2.93 bits per heavy atom. The SMILES string of the molecule is CCC1CS(=O)C2CC(C)CCC2N1. The molecule has 82 valence electrons. The summed E-state index contributed by atoms with van der Waals surface area (Å²) in [6, 6.07) is 1.05. The molecule has 0 aromatic heterocycles. The minimum absolute atomic E-state index is 0.446. The van der Waals surface area contributed by atoms with Crippen molar-refractivity contribution in [1.29, 1.82) is 0 Å². The fourth-order valence-electron chi connectivity index (χ4n) is 2.72. The highest BCUT2D eigenvalue weighted by Crippen LogP contribution is 2.30. The predicted octanol–water partition coefficient (Wildman–Crippen LogP) is 1.67. The van der Waals surface area contributed by atoms with Crippen molar-refractivity contribution >= 4 is 10.8 Å². The van der Waals surface area contributed by atoms with Crippen LogP contribution < -0.4 is 5.32 Å². The van der Waals surface area contributed by atoms with Crippen LogP contribution in [-0.2, 0) is 10.8 Å². The van der Waals surface area contributed by atoms with Gasteiger partial charge in [-0.05, 0) is 31.6 Å². The van der Waals surface area contributed by atoms with E-state index in [2.05, 4.69) is 19.2 Å². The molecule has 0 radical (unpaired) electrons. The lowest BCUT2D eigenvalue weighted by atomic mass is 9.86. The standard InChI is InChI=1S/C11H21NOS/c1-3-9-7-14(13)11-6-8(2)4-5-10(11)12-9/h8-12H,3-7H2,1-2H3. The van der Waals surface area contributed by atoms with E-state index in [1.807, 2.05) is 0 Å². The third-order valence-electron chi connectivity index (χ3n) is 3.70. The Labute approximate surface area is 89.3 Å². The minimum Gasteiger partial charge on any atom is -0.309 e. The van der Waals surface area contributed by atoms with Gasteiger partial charge in [-0.15, -0.1) is 0 Å². The van der Waals surface area contributed by atoms with E-state index in [1.165, 1.54) is 19.3 Å². The maximum absolute atomic E-state index is 12.0. The zero-order chi connectivity index (χ0) is 10.1. The van der Waals surface area contributed by atoms with Crippen molar-refractivity contribution in [3.63, 3.8) is 0 Å². The predicted molar refractivity (Wildman–Crippen MR) is 60.8 cm³/mol. The van der Waals surface area contributed by atoms with Crippen molar-refractivity contribution in [1.82, 2.24) is 5.32 Å². The lowest BCUT2D eigenvalue weighted by molar-refractivity contribution is 0.283. The smallest absolute Gasteiger partial charge is 0.0504 e. The summed E-state index contributed by atoms with van der Waals surface area (Å²) in [5.41, 5.74) is 0. The van der Waals surface area contributed by atoms with Crippen LogP contribution in [0.4, 0.5) is 0 Å². The van der Waals surface area contributed by atoms with Gasteiger partial charge in [0.1, 0.15) is 0 Å². The molecule has 1 heterocycles. The van der Waals surface area contributed by atoms with Gasteiger partial charge in [0, 0.05) is 28.6 Å². The summed E-state index contributed by atoms with van der Waals surface area (Å²) in [6.45, 7) is 4.47. The lowest BCUT2D eigenvalue weighted by Gasteiger charge is -2.41. The fourth-order valence-corrected chi connectivity index (χ4v) is 4.82. The molecule has 2 nitrogen and oxygen atoms in total. The second kappa shape index (κ2) is 4.31. The molecular weight excluding hydrogens is 194 g/mol. The first-order valence-corrected chi connectivity index (χ1v) is 7.22. The third kappa shape index (κ3) is 2.03. The molecule has 2 rings (SSSR count). The molecule has 0 amide bonds. The Morgan fingerprint density at radius 1 is 1.43 bits per heavy atom. The van der Waals surface area contributed by atoms with Crippen LogP contribution in [0.25, 0.3) is 0 Å². The van der Waals surface area contributed by atoms with E-state index < -0.39 is 10.8 Å². The largest absolute Gasteiger partial charge is 0.309 e.